The van der Waals surface area contributed by atoms with Gasteiger partial charge < -0.3 is 9.32 Å². The molecule has 1 aromatic heterocycles. The van der Waals surface area contributed by atoms with Crippen LogP contribution in [0.4, 0.5) is 0 Å². The van der Waals surface area contributed by atoms with Gasteiger partial charge in [-0.3, -0.25) is 0 Å². The van der Waals surface area contributed by atoms with E-state index in [4.69, 9.17) is 16.1 Å². The number of carbonyl (C=O) groups is 1. The Morgan fingerprint density at radius 3 is 2.57 bits per heavy atom. The second-order valence-corrected chi connectivity index (χ2v) is 6.66. The van der Waals surface area contributed by atoms with Crippen molar-refractivity contribution >= 4 is 17.4 Å². The molecule has 0 saturated heterocycles. The summed E-state index contributed by atoms with van der Waals surface area (Å²) < 4.78 is 5.38. The van der Waals surface area contributed by atoms with Crippen LogP contribution in [0.1, 0.15) is 39.4 Å². The number of hydrogen-bond donors (Lipinski definition) is 0. The first-order valence-corrected chi connectivity index (χ1v) is 7.44. The highest BCUT2D eigenvalue weighted by molar-refractivity contribution is 6.30. The zero-order valence-corrected chi connectivity index (χ0v) is 13.4. The summed E-state index contributed by atoms with van der Waals surface area (Å²) in [4.78, 5) is 11.2. The molecule has 0 atom stereocenters. The Morgan fingerprint density at radius 1 is 1.29 bits per heavy atom. The van der Waals surface area contributed by atoms with Gasteiger partial charge in [0.05, 0.1) is 0 Å². The predicted octanol–water partition coefficient (Wildman–Crippen LogP) is 4.93. The number of Topliss-reactive ketones (excluding diaryl/α,β-unsaturated/α-hetero) is 1. The molecule has 112 valence electrons. The van der Waals surface area contributed by atoms with Crippen LogP contribution in [0, 0.1) is 5.41 Å². The van der Waals surface area contributed by atoms with Gasteiger partial charge in [-0.25, -0.2) is 0 Å². The maximum Gasteiger partial charge on any atom is 0.137 e. The molecule has 1 heterocycles. The maximum atomic E-state index is 11.2. The van der Waals surface area contributed by atoms with E-state index in [9.17, 15) is 4.79 Å². The van der Waals surface area contributed by atoms with Crippen molar-refractivity contribution in [2.45, 2.75) is 40.0 Å². The fraction of sp³-hybridized carbons (Fsp3) is 0.412. The van der Waals surface area contributed by atoms with Gasteiger partial charge in [-0.15, -0.1) is 0 Å². The number of aromatic nitrogens is 1. The molecule has 0 bridgehead atoms. The zero-order chi connectivity index (χ0) is 15.5. The summed E-state index contributed by atoms with van der Waals surface area (Å²) >= 11 is 5.87. The minimum absolute atomic E-state index is 0.0148. The van der Waals surface area contributed by atoms with Gasteiger partial charge in [-0.05, 0) is 30.9 Å². The first-order valence-electron chi connectivity index (χ1n) is 7.07. The molecule has 0 N–H and O–H groups in total. The second-order valence-electron chi connectivity index (χ2n) is 6.23. The molecular weight excluding hydrogens is 286 g/mol. The molecule has 0 radical (unpaired) electrons. The van der Waals surface area contributed by atoms with Crippen LogP contribution in [0.2, 0.25) is 5.02 Å². The molecular formula is C17H20ClNO2. The van der Waals surface area contributed by atoms with Crippen molar-refractivity contribution < 1.29 is 9.32 Å². The summed E-state index contributed by atoms with van der Waals surface area (Å²) in [6, 6.07) is 9.46. The summed E-state index contributed by atoms with van der Waals surface area (Å²) in [5.41, 5.74) is 1.78. The molecule has 0 aliphatic carbocycles. The van der Waals surface area contributed by atoms with Gasteiger partial charge in [0.15, 0.2) is 0 Å². The lowest BCUT2D eigenvalue weighted by Crippen LogP contribution is -2.16. The average Bonchev–Trinajstić information content (AvgIpc) is 2.85. The first kappa shape index (κ1) is 15.8. The third-order valence-corrected chi connectivity index (χ3v) is 3.73. The highest BCUT2D eigenvalue weighted by Crippen LogP contribution is 2.28. The van der Waals surface area contributed by atoms with Crippen LogP contribution in [0.3, 0.4) is 0 Å². The normalized spacial score (nSPS) is 11.6. The van der Waals surface area contributed by atoms with E-state index >= 15 is 0 Å². The van der Waals surface area contributed by atoms with Gasteiger partial charge >= 0.3 is 0 Å². The Morgan fingerprint density at radius 2 is 1.95 bits per heavy atom. The monoisotopic (exact) mass is 305 g/mol. The molecule has 0 saturated carbocycles. The average molecular weight is 306 g/mol. The van der Waals surface area contributed by atoms with Crippen LogP contribution in [0.15, 0.2) is 34.9 Å². The number of rotatable bonds is 6. The molecule has 0 fully saturated rings. The highest BCUT2D eigenvalue weighted by Gasteiger charge is 2.21. The van der Waals surface area contributed by atoms with E-state index in [2.05, 4.69) is 19.0 Å². The van der Waals surface area contributed by atoms with Crippen molar-refractivity contribution in [2.24, 2.45) is 5.41 Å². The lowest BCUT2D eigenvalue weighted by atomic mass is 9.83. The van der Waals surface area contributed by atoms with Crippen molar-refractivity contribution in [3.63, 3.8) is 0 Å². The van der Waals surface area contributed by atoms with Gasteiger partial charge in [0.1, 0.15) is 17.2 Å². The van der Waals surface area contributed by atoms with Gasteiger partial charge in [-0.1, -0.05) is 42.7 Å². The highest BCUT2D eigenvalue weighted by atomic mass is 35.5. The summed E-state index contributed by atoms with van der Waals surface area (Å²) in [6.45, 7) is 5.84. The third kappa shape index (κ3) is 4.71. The molecule has 1 aromatic carbocycles. The molecule has 3 nitrogen and oxygen atoms in total. The Labute approximate surface area is 130 Å². The van der Waals surface area contributed by atoms with E-state index in [0.29, 0.717) is 11.4 Å². The van der Waals surface area contributed by atoms with Gasteiger partial charge in [0.2, 0.25) is 0 Å². The molecule has 0 unspecified atom stereocenters. The third-order valence-electron chi connectivity index (χ3n) is 3.47. The fourth-order valence-corrected chi connectivity index (χ4v) is 2.54. The first-order chi connectivity index (χ1) is 9.85. The van der Waals surface area contributed by atoms with E-state index < -0.39 is 0 Å². The second kappa shape index (κ2) is 6.44. The number of nitrogens with zero attached hydrogens (tertiary/aromatic N) is 1. The van der Waals surface area contributed by atoms with Crippen LogP contribution in [0.25, 0.3) is 11.3 Å². The lowest BCUT2D eigenvalue weighted by molar-refractivity contribution is -0.118. The van der Waals surface area contributed by atoms with Crippen molar-refractivity contribution in [3.05, 3.63) is 41.1 Å². The van der Waals surface area contributed by atoms with E-state index in [1.54, 1.807) is 6.92 Å². The SMILES string of the molecule is CC(=O)CC(C)(C)CCc1cc(-c2ccc(Cl)cc2)no1. The summed E-state index contributed by atoms with van der Waals surface area (Å²) in [7, 11) is 0. The Bertz CT molecular complexity index is 614. The van der Waals surface area contributed by atoms with Crippen LogP contribution in [0.5, 0.6) is 0 Å². The van der Waals surface area contributed by atoms with E-state index in [1.807, 2.05) is 30.3 Å². The largest absolute Gasteiger partial charge is 0.361 e. The molecule has 0 amide bonds. The van der Waals surface area contributed by atoms with Crippen LogP contribution in [-0.2, 0) is 11.2 Å². The molecule has 4 heteroatoms. The predicted molar refractivity (Wildman–Crippen MR) is 84.3 cm³/mol. The number of carbonyl (C=O) groups excluding carboxylic acids is 1. The Kier molecular flexibility index (Phi) is 4.84. The van der Waals surface area contributed by atoms with Crippen molar-refractivity contribution in [1.29, 1.82) is 0 Å². The fourth-order valence-electron chi connectivity index (χ4n) is 2.41. The van der Waals surface area contributed by atoms with Crippen LogP contribution < -0.4 is 0 Å². The standard InChI is InChI=1S/C17H20ClNO2/c1-12(20)11-17(2,3)9-8-15-10-16(19-21-15)13-4-6-14(18)7-5-13/h4-7,10H,8-9,11H2,1-3H3. The Balaban J connectivity index is 2.00. The van der Waals surface area contributed by atoms with E-state index in [1.165, 1.54) is 0 Å². The van der Waals surface area contributed by atoms with Crippen molar-refractivity contribution in [3.8, 4) is 11.3 Å². The topological polar surface area (TPSA) is 43.1 Å². The minimum atomic E-state index is -0.0148. The molecule has 2 aromatic rings. The number of aryl methyl sites for hydroxylation is 1. The van der Waals surface area contributed by atoms with Gasteiger partial charge in [-0.2, -0.15) is 0 Å². The molecule has 2 rings (SSSR count). The number of halogens is 1. The molecule has 21 heavy (non-hydrogen) atoms. The number of hydrogen-bond acceptors (Lipinski definition) is 3. The molecule has 0 aliphatic rings. The number of benzene rings is 1. The van der Waals surface area contributed by atoms with Crippen molar-refractivity contribution in [2.75, 3.05) is 0 Å². The van der Waals surface area contributed by atoms with E-state index in [0.717, 1.165) is 29.9 Å². The minimum Gasteiger partial charge on any atom is -0.361 e. The quantitative estimate of drug-likeness (QED) is 0.759. The Hall–Kier alpha value is -1.61. The van der Waals surface area contributed by atoms with Crippen LogP contribution in [-0.4, -0.2) is 10.9 Å². The lowest BCUT2D eigenvalue weighted by Gasteiger charge is -2.22. The zero-order valence-electron chi connectivity index (χ0n) is 12.6. The summed E-state index contributed by atoms with van der Waals surface area (Å²) in [5, 5.41) is 4.79. The number of ketones is 1. The molecule has 0 aliphatic heterocycles. The maximum absolute atomic E-state index is 11.2. The van der Waals surface area contributed by atoms with Gasteiger partial charge in [0.25, 0.3) is 0 Å². The van der Waals surface area contributed by atoms with Crippen LogP contribution >= 0.6 is 11.6 Å². The molecule has 0 spiro atoms. The summed E-state index contributed by atoms with van der Waals surface area (Å²) in [5.74, 6) is 1.07. The van der Waals surface area contributed by atoms with Crippen molar-refractivity contribution in [1.82, 2.24) is 5.16 Å². The van der Waals surface area contributed by atoms with Gasteiger partial charge in [0, 0.05) is 29.5 Å². The summed E-state index contributed by atoms with van der Waals surface area (Å²) in [6.07, 6.45) is 2.26. The van der Waals surface area contributed by atoms with E-state index in [-0.39, 0.29) is 11.2 Å². The smallest absolute Gasteiger partial charge is 0.137 e.